The lowest BCUT2D eigenvalue weighted by Gasteiger charge is -2.23. The van der Waals surface area contributed by atoms with Crippen LogP contribution in [0.3, 0.4) is 0 Å². The second kappa shape index (κ2) is 12.6. The van der Waals surface area contributed by atoms with Crippen molar-refractivity contribution in [3.63, 3.8) is 0 Å². The second-order valence-corrected chi connectivity index (χ2v) is 10.2. The number of carbonyl (C=O) groups is 4. The molecule has 0 bridgehead atoms. The number of halogens is 1. The molecule has 3 atom stereocenters. The molecule has 2 aliphatic heterocycles. The monoisotopic (exact) mass is 558 g/mol. The van der Waals surface area contributed by atoms with Gasteiger partial charge in [-0.15, -0.1) is 0 Å². The fourth-order valence-electron chi connectivity index (χ4n) is 5.09. The lowest BCUT2D eigenvalue weighted by molar-refractivity contribution is -0.135. The number of nitrogens with one attached hydrogen (secondary N) is 4. The van der Waals surface area contributed by atoms with Crippen LogP contribution < -0.4 is 16.0 Å². The van der Waals surface area contributed by atoms with E-state index in [0.717, 1.165) is 11.3 Å². The van der Waals surface area contributed by atoms with Crippen molar-refractivity contribution in [2.75, 3.05) is 13.2 Å². The Labute approximate surface area is 236 Å². The number of amides is 3. The highest BCUT2D eigenvalue weighted by Gasteiger charge is 2.31. The number of aromatic amines is 1. The van der Waals surface area contributed by atoms with Gasteiger partial charge in [-0.05, 0) is 48.2 Å². The predicted molar refractivity (Wildman–Crippen MR) is 149 cm³/mol. The smallest absolute Gasteiger partial charge is 0.333 e. The van der Waals surface area contributed by atoms with Crippen molar-refractivity contribution >= 4 is 23.7 Å². The molecule has 0 aliphatic carbocycles. The average Bonchev–Trinajstić information content (AvgIpc) is 3.72. The van der Waals surface area contributed by atoms with E-state index < -0.39 is 35.7 Å². The summed E-state index contributed by atoms with van der Waals surface area (Å²) in [5, 5.41) is 8.53. The van der Waals surface area contributed by atoms with Crippen LogP contribution in [0.15, 0.2) is 78.4 Å². The molecular weight excluding hydrogens is 527 g/mol. The zero-order valence-corrected chi connectivity index (χ0v) is 22.3. The molecule has 41 heavy (non-hydrogen) atoms. The van der Waals surface area contributed by atoms with Crippen molar-refractivity contribution in [1.82, 2.24) is 20.9 Å². The first-order valence-electron chi connectivity index (χ1n) is 13.6. The summed E-state index contributed by atoms with van der Waals surface area (Å²) in [5.74, 6) is -2.27. The molecule has 212 valence electrons. The van der Waals surface area contributed by atoms with Gasteiger partial charge >= 0.3 is 5.97 Å². The van der Waals surface area contributed by atoms with E-state index in [1.54, 1.807) is 30.3 Å². The Kier molecular flexibility index (Phi) is 8.57. The van der Waals surface area contributed by atoms with Crippen molar-refractivity contribution in [3.8, 4) is 11.3 Å². The van der Waals surface area contributed by atoms with Gasteiger partial charge in [-0.25, -0.2) is 9.18 Å². The van der Waals surface area contributed by atoms with Crippen LogP contribution in [-0.2, 0) is 25.5 Å². The number of cyclic esters (lactones) is 1. The lowest BCUT2D eigenvalue weighted by atomic mass is 9.95. The van der Waals surface area contributed by atoms with E-state index in [1.807, 2.05) is 30.3 Å². The summed E-state index contributed by atoms with van der Waals surface area (Å²) >= 11 is 0. The minimum Gasteiger partial charge on any atom is -0.462 e. The highest BCUT2D eigenvalue weighted by Crippen LogP contribution is 2.21. The SMILES string of the molecule is O=C1OCC/C1=C\[C@H](C[C@@H]1CCNC1=O)NC(=O)[C@H](Cc1ccc(F)cc1)NC(=O)c1ccc(-c2ccccc2)[nH]1. The molecule has 3 aromatic rings. The molecule has 0 saturated carbocycles. The van der Waals surface area contributed by atoms with Crippen molar-refractivity contribution in [2.45, 2.75) is 37.8 Å². The summed E-state index contributed by atoms with van der Waals surface area (Å²) in [6.07, 6.45) is 3.06. The molecule has 1 aromatic heterocycles. The summed E-state index contributed by atoms with van der Waals surface area (Å²) in [7, 11) is 0. The fraction of sp³-hybridized carbons (Fsp3) is 0.290. The quantitative estimate of drug-likeness (QED) is 0.225. The zero-order chi connectivity index (χ0) is 28.8. The molecule has 3 amide bonds. The third kappa shape index (κ3) is 7.08. The van der Waals surface area contributed by atoms with E-state index in [-0.39, 0.29) is 30.5 Å². The standard InChI is InChI=1S/C31H31FN4O5/c32-23-8-6-19(7-9-23)16-27(36-29(38)26-11-10-25(35-26)20-4-2-1-3-5-20)30(39)34-24(17-21-12-14-33-28(21)37)18-22-13-15-41-31(22)40/h1-11,18,21,24,27,35H,12-17H2,(H,33,37)(H,34,39)(H,36,38)/b22-18+/t21-,24-,27-/m0/s1. The lowest BCUT2D eigenvalue weighted by Crippen LogP contribution is -2.51. The molecule has 5 rings (SSSR count). The first-order valence-corrected chi connectivity index (χ1v) is 13.6. The summed E-state index contributed by atoms with van der Waals surface area (Å²) in [6, 6.07) is 17.0. The molecule has 3 heterocycles. The van der Waals surface area contributed by atoms with Crippen LogP contribution in [0.5, 0.6) is 0 Å². The number of hydrogen-bond donors (Lipinski definition) is 4. The Morgan fingerprint density at radius 1 is 1.02 bits per heavy atom. The van der Waals surface area contributed by atoms with Gasteiger partial charge in [0.2, 0.25) is 11.8 Å². The predicted octanol–water partition coefficient (Wildman–Crippen LogP) is 3.05. The van der Waals surface area contributed by atoms with E-state index in [0.29, 0.717) is 36.9 Å². The van der Waals surface area contributed by atoms with Crippen LogP contribution in [0.4, 0.5) is 4.39 Å². The van der Waals surface area contributed by atoms with Crippen molar-refractivity contribution in [3.05, 3.63) is 95.5 Å². The van der Waals surface area contributed by atoms with Crippen LogP contribution in [0.2, 0.25) is 0 Å². The molecule has 0 radical (unpaired) electrons. The number of ether oxygens (including phenoxy) is 1. The maximum Gasteiger partial charge on any atom is 0.333 e. The Bertz CT molecular complexity index is 1450. The molecular formula is C31H31FN4O5. The summed E-state index contributed by atoms with van der Waals surface area (Å²) in [5.41, 5.74) is 3.01. The molecule has 0 unspecified atom stereocenters. The largest absolute Gasteiger partial charge is 0.462 e. The zero-order valence-electron chi connectivity index (χ0n) is 22.3. The van der Waals surface area contributed by atoms with Gasteiger partial charge in [0.25, 0.3) is 5.91 Å². The Morgan fingerprint density at radius 2 is 1.80 bits per heavy atom. The summed E-state index contributed by atoms with van der Waals surface area (Å²) in [6.45, 7) is 0.812. The van der Waals surface area contributed by atoms with Gasteiger partial charge in [0, 0.05) is 42.6 Å². The third-order valence-corrected chi connectivity index (χ3v) is 7.29. The molecule has 9 nitrogen and oxygen atoms in total. The van der Waals surface area contributed by atoms with Gasteiger partial charge in [0.15, 0.2) is 0 Å². The normalized spacial score (nSPS) is 19.0. The van der Waals surface area contributed by atoms with Crippen molar-refractivity contribution < 1.29 is 28.3 Å². The van der Waals surface area contributed by atoms with Gasteiger partial charge in [-0.3, -0.25) is 14.4 Å². The van der Waals surface area contributed by atoms with Crippen LogP contribution in [-0.4, -0.2) is 53.9 Å². The topological polar surface area (TPSA) is 129 Å². The molecule has 10 heteroatoms. The minimum atomic E-state index is -1.02. The van der Waals surface area contributed by atoms with E-state index in [4.69, 9.17) is 4.74 Å². The Morgan fingerprint density at radius 3 is 2.49 bits per heavy atom. The number of rotatable bonds is 10. The number of H-pyrrole nitrogens is 1. The molecule has 4 N–H and O–H groups in total. The number of hydrogen-bond acceptors (Lipinski definition) is 5. The highest BCUT2D eigenvalue weighted by atomic mass is 19.1. The second-order valence-electron chi connectivity index (χ2n) is 10.2. The van der Waals surface area contributed by atoms with Crippen molar-refractivity contribution in [2.24, 2.45) is 5.92 Å². The van der Waals surface area contributed by atoms with Crippen LogP contribution >= 0.6 is 0 Å². The highest BCUT2D eigenvalue weighted by molar-refractivity contribution is 5.97. The number of aromatic nitrogens is 1. The van der Waals surface area contributed by atoms with Gasteiger partial charge in [-0.2, -0.15) is 0 Å². The van der Waals surface area contributed by atoms with Gasteiger partial charge in [0.05, 0.1) is 6.61 Å². The molecule has 2 aliphatic rings. The minimum absolute atomic E-state index is 0.0966. The third-order valence-electron chi connectivity index (χ3n) is 7.29. The van der Waals surface area contributed by atoms with Crippen LogP contribution in [0, 0.1) is 11.7 Å². The summed E-state index contributed by atoms with van der Waals surface area (Å²) in [4.78, 5) is 54.4. The van der Waals surface area contributed by atoms with E-state index in [9.17, 15) is 23.6 Å². The summed E-state index contributed by atoms with van der Waals surface area (Å²) < 4.78 is 18.6. The average molecular weight is 559 g/mol. The molecule has 2 saturated heterocycles. The number of benzene rings is 2. The van der Waals surface area contributed by atoms with Gasteiger partial charge in [-0.1, -0.05) is 48.5 Å². The molecule has 0 spiro atoms. The van der Waals surface area contributed by atoms with Crippen LogP contribution in [0.25, 0.3) is 11.3 Å². The first kappa shape index (κ1) is 27.8. The van der Waals surface area contributed by atoms with Crippen LogP contribution in [0.1, 0.15) is 35.3 Å². The maximum absolute atomic E-state index is 13.7. The van der Waals surface area contributed by atoms with E-state index in [2.05, 4.69) is 20.9 Å². The van der Waals surface area contributed by atoms with E-state index in [1.165, 1.54) is 12.1 Å². The number of carbonyl (C=O) groups excluding carboxylic acids is 4. The number of esters is 1. The maximum atomic E-state index is 13.7. The van der Waals surface area contributed by atoms with Crippen molar-refractivity contribution in [1.29, 1.82) is 0 Å². The molecule has 2 fully saturated rings. The first-order chi connectivity index (χ1) is 19.9. The Hall–Kier alpha value is -4.73. The van der Waals surface area contributed by atoms with E-state index >= 15 is 0 Å². The van der Waals surface area contributed by atoms with Gasteiger partial charge in [0.1, 0.15) is 17.6 Å². The Balaban J connectivity index is 1.36. The molecule has 2 aromatic carbocycles. The fourth-order valence-corrected chi connectivity index (χ4v) is 5.09. The van der Waals surface area contributed by atoms with Gasteiger partial charge < -0.3 is 25.7 Å².